The summed E-state index contributed by atoms with van der Waals surface area (Å²) < 4.78 is 67.6. The van der Waals surface area contributed by atoms with Crippen LogP contribution in [0.4, 0.5) is 34.1 Å². The van der Waals surface area contributed by atoms with Gasteiger partial charge in [0, 0.05) is 24.4 Å². The number of rotatable bonds is 7. The Morgan fingerprint density at radius 2 is 2.17 bits per heavy atom. The lowest BCUT2D eigenvalue weighted by atomic mass is 10.1. The van der Waals surface area contributed by atoms with E-state index in [2.05, 4.69) is 35.5 Å². The molecule has 0 aliphatic carbocycles. The molecule has 0 radical (unpaired) electrons. The van der Waals surface area contributed by atoms with Gasteiger partial charge >= 0.3 is 12.5 Å². The van der Waals surface area contributed by atoms with Gasteiger partial charge in [0.2, 0.25) is 5.95 Å². The van der Waals surface area contributed by atoms with Crippen LogP contribution in [0.2, 0.25) is 0 Å². The van der Waals surface area contributed by atoms with Crippen LogP contribution in [0.15, 0.2) is 18.3 Å². The van der Waals surface area contributed by atoms with Crippen LogP contribution < -0.4 is 10.6 Å². The molecule has 0 spiro atoms. The topological polar surface area (TPSA) is 151 Å². The minimum absolute atomic E-state index is 0.0172. The third-order valence-corrected chi connectivity index (χ3v) is 4.90. The van der Waals surface area contributed by atoms with E-state index in [0.29, 0.717) is 0 Å². The standard InChI is InChI=1S/C20H20F4N8O4/c1-9(2)26-19(33)36-13-8-34-17(16(13)21)12-4-14(31-30-12)29-18-28-10(5-25)3-15-27-11(6-32(15)18)7-35-20(22,23)24/h3-4,6,9,13,16-17H,7-8H2,1-2H3,(H,26,33)(H2,28,29,30,31)/t13-,16+,17-/m1/s1. The van der Waals surface area contributed by atoms with Gasteiger partial charge in [-0.15, -0.1) is 13.2 Å². The molecule has 16 heteroatoms. The second-order valence-electron chi connectivity index (χ2n) is 8.05. The van der Waals surface area contributed by atoms with Crippen molar-refractivity contribution in [2.75, 3.05) is 11.9 Å². The number of nitrogens with one attached hydrogen (secondary N) is 3. The number of nitrogens with zero attached hydrogens (tertiary/aromatic N) is 5. The Morgan fingerprint density at radius 3 is 2.86 bits per heavy atom. The number of H-pyrrole nitrogens is 1. The van der Waals surface area contributed by atoms with Gasteiger partial charge in [-0.1, -0.05) is 0 Å². The maximum Gasteiger partial charge on any atom is 0.522 e. The van der Waals surface area contributed by atoms with Crippen LogP contribution in [-0.2, 0) is 20.8 Å². The summed E-state index contributed by atoms with van der Waals surface area (Å²) >= 11 is 0. The van der Waals surface area contributed by atoms with Gasteiger partial charge in [0.25, 0.3) is 0 Å². The number of aromatic nitrogens is 5. The molecule has 0 bridgehead atoms. The Morgan fingerprint density at radius 1 is 1.39 bits per heavy atom. The SMILES string of the molecule is CC(C)NC(=O)O[C@@H]1CO[C@H](c2cc(Nc3nc(C#N)cc4nc(COC(F)(F)F)cn34)n[nH]2)[C@H]1F. The number of carbonyl (C=O) groups excluding carboxylic acids is 1. The molecule has 1 aliphatic rings. The van der Waals surface area contributed by atoms with Crippen LogP contribution in [0.25, 0.3) is 5.65 Å². The van der Waals surface area contributed by atoms with E-state index >= 15 is 0 Å². The van der Waals surface area contributed by atoms with Gasteiger partial charge in [0.05, 0.1) is 24.6 Å². The molecule has 3 atom stereocenters. The summed E-state index contributed by atoms with van der Waals surface area (Å²) in [6, 6.07) is 4.36. The minimum Gasteiger partial charge on any atom is -0.441 e. The summed E-state index contributed by atoms with van der Waals surface area (Å²) in [7, 11) is 0. The quantitative estimate of drug-likeness (QED) is 0.406. The lowest BCUT2D eigenvalue weighted by Crippen LogP contribution is -2.36. The number of halogens is 4. The lowest BCUT2D eigenvalue weighted by Gasteiger charge is -2.16. The summed E-state index contributed by atoms with van der Waals surface area (Å²) in [5, 5.41) is 21.2. The lowest BCUT2D eigenvalue weighted by molar-refractivity contribution is -0.330. The highest BCUT2D eigenvalue weighted by Crippen LogP contribution is 2.33. The third-order valence-electron chi connectivity index (χ3n) is 4.90. The van der Waals surface area contributed by atoms with Gasteiger partial charge in [-0.2, -0.15) is 10.4 Å². The first-order valence-electron chi connectivity index (χ1n) is 10.6. The Bertz CT molecular complexity index is 1280. The van der Waals surface area contributed by atoms with Crippen molar-refractivity contribution in [2.45, 2.75) is 51.2 Å². The molecule has 12 nitrogen and oxygen atoms in total. The molecule has 36 heavy (non-hydrogen) atoms. The van der Waals surface area contributed by atoms with E-state index in [1.165, 1.54) is 22.7 Å². The molecule has 3 aromatic heterocycles. The van der Waals surface area contributed by atoms with Crippen LogP contribution >= 0.6 is 0 Å². The average molecular weight is 512 g/mol. The largest absolute Gasteiger partial charge is 0.522 e. The van der Waals surface area contributed by atoms with Crippen LogP contribution in [0.5, 0.6) is 0 Å². The van der Waals surface area contributed by atoms with Crippen LogP contribution in [0.3, 0.4) is 0 Å². The van der Waals surface area contributed by atoms with E-state index < -0.39 is 37.4 Å². The van der Waals surface area contributed by atoms with Gasteiger partial charge in [0.1, 0.15) is 23.5 Å². The number of ether oxygens (including phenoxy) is 3. The fourth-order valence-electron chi connectivity index (χ4n) is 3.42. The molecule has 4 heterocycles. The number of alkyl halides is 4. The Hall–Kier alpha value is -3.97. The normalized spacial score (nSPS) is 20.0. The number of fused-ring (bicyclic) bond motifs is 1. The monoisotopic (exact) mass is 512 g/mol. The molecule has 0 aromatic carbocycles. The molecular weight excluding hydrogens is 492 g/mol. The van der Waals surface area contributed by atoms with Crippen molar-refractivity contribution >= 4 is 23.5 Å². The highest BCUT2D eigenvalue weighted by atomic mass is 19.4. The average Bonchev–Trinajstić information content (AvgIpc) is 3.50. The number of imidazole rings is 1. The third kappa shape index (κ3) is 5.80. The second kappa shape index (κ2) is 9.95. The molecule has 1 amide bonds. The number of hydrogen-bond acceptors (Lipinski definition) is 9. The molecule has 4 rings (SSSR count). The van der Waals surface area contributed by atoms with Gasteiger partial charge in [-0.05, 0) is 13.8 Å². The number of nitriles is 1. The van der Waals surface area contributed by atoms with Crippen LogP contribution in [-0.4, -0.2) is 61.9 Å². The number of amides is 1. The van der Waals surface area contributed by atoms with Crippen molar-refractivity contribution in [3.8, 4) is 6.07 Å². The zero-order valence-corrected chi connectivity index (χ0v) is 18.8. The summed E-state index contributed by atoms with van der Waals surface area (Å²) in [5.74, 6) is 0.164. The minimum atomic E-state index is -4.84. The van der Waals surface area contributed by atoms with E-state index in [-0.39, 0.29) is 47.1 Å². The van der Waals surface area contributed by atoms with E-state index in [1.54, 1.807) is 13.8 Å². The highest BCUT2D eigenvalue weighted by Gasteiger charge is 2.42. The van der Waals surface area contributed by atoms with Crippen LogP contribution in [0.1, 0.15) is 37.0 Å². The molecule has 0 saturated carbocycles. The van der Waals surface area contributed by atoms with E-state index in [1.807, 2.05) is 6.07 Å². The first-order chi connectivity index (χ1) is 17.0. The maximum absolute atomic E-state index is 14.9. The molecule has 0 unspecified atom stereocenters. The highest BCUT2D eigenvalue weighted by molar-refractivity contribution is 5.67. The van der Waals surface area contributed by atoms with Gasteiger partial charge in [-0.3, -0.25) is 14.2 Å². The fraction of sp³-hybridized carbons (Fsp3) is 0.450. The van der Waals surface area contributed by atoms with Crippen molar-refractivity contribution in [3.05, 3.63) is 35.4 Å². The second-order valence-corrected chi connectivity index (χ2v) is 8.05. The summed E-state index contributed by atoms with van der Waals surface area (Å²) in [6.07, 6.45) is -8.23. The van der Waals surface area contributed by atoms with E-state index in [0.717, 1.165) is 0 Å². The Labute approximate surface area is 200 Å². The smallest absolute Gasteiger partial charge is 0.441 e. The zero-order chi connectivity index (χ0) is 26.0. The van der Waals surface area contributed by atoms with Crippen molar-refractivity contribution in [2.24, 2.45) is 0 Å². The summed E-state index contributed by atoms with van der Waals surface area (Å²) in [5.41, 5.74) is 0.264. The van der Waals surface area contributed by atoms with Crippen LogP contribution in [0, 0.1) is 11.3 Å². The molecule has 3 N–H and O–H groups in total. The maximum atomic E-state index is 14.9. The zero-order valence-electron chi connectivity index (χ0n) is 18.8. The predicted octanol–water partition coefficient (Wildman–Crippen LogP) is 3.02. The van der Waals surface area contributed by atoms with Crippen molar-refractivity contribution < 1.29 is 36.6 Å². The summed E-state index contributed by atoms with van der Waals surface area (Å²) in [4.78, 5) is 19.9. The number of alkyl carbamates (subject to hydrolysis) is 1. The van der Waals surface area contributed by atoms with Crippen molar-refractivity contribution in [3.63, 3.8) is 0 Å². The van der Waals surface area contributed by atoms with Crippen molar-refractivity contribution in [1.82, 2.24) is 29.9 Å². The number of aromatic amines is 1. The molecule has 1 aliphatic heterocycles. The number of anilines is 2. The number of carbonyl (C=O) groups is 1. The van der Waals surface area contributed by atoms with Gasteiger partial charge in [0.15, 0.2) is 18.1 Å². The van der Waals surface area contributed by atoms with Gasteiger partial charge < -0.3 is 20.1 Å². The van der Waals surface area contributed by atoms with Gasteiger partial charge in [-0.25, -0.2) is 19.2 Å². The number of hydrogen-bond donors (Lipinski definition) is 3. The Balaban J connectivity index is 1.49. The van der Waals surface area contributed by atoms with E-state index in [4.69, 9.17) is 9.47 Å². The first kappa shape index (κ1) is 25.1. The Kier molecular flexibility index (Phi) is 6.95. The summed E-state index contributed by atoms with van der Waals surface area (Å²) in [6.45, 7) is 2.46. The molecule has 3 aromatic rings. The molecule has 192 valence electrons. The molecule has 1 fully saturated rings. The fourth-order valence-corrected chi connectivity index (χ4v) is 3.42. The molecular formula is C20H20F4N8O4. The predicted molar refractivity (Wildman–Crippen MR) is 113 cm³/mol. The van der Waals surface area contributed by atoms with E-state index in [9.17, 15) is 27.6 Å². The van der Waals surface area contributed by atoms with Crippen molar-refractivity contribution in [1.29, 1.82) is 5.26 Å². The molecule has 1 saturated heterocycles. The first-order valence-corrected chi connectivity index (χ1v) is 10.6.